The number of benzene rings is 2. The predicted octanol–water partition coefficient (Wildman–Crippen LogP) is 5.21. The molecule has 0 spiro atoms. The second-order valence-corrected chi connectivity index (χ2v) is 7.08. The maximum absolute atomic E-state index is 5.08. The molecule has 0 unspecified atom stereocenters. The number of nitrogens with one attached hydrogen (secondary N) is 1. The van der Waals surface area contributed by atoms with Gasteiger partial charge < -0.3 is 5.32 Å². The minimum atomic E-state index is 1.01. The molecular weight excluding hydrogens is 306 g/mol. The fraction of sp³-hybridized carbons (Fsp3) is 0.318. The van der Waals surface area contributed by atoms with Gasteiger partial charge in [0.2, 0.25) is 0 Å². The van der Waals surface area contributed by atoms with Crippen molar-refractivity contribution in [1.29, 1.82) is 0 Å². The Labute approximate surface area is 149 Å². The van der Waals surface area contributed by atoms with E-state index in [1.807, 2.05) is 0 Å². The Morgan fingerprint density at radius 3 is 2.60 bits per heavy atom. The molecule has 3 aromatic rings. The predicted molar refractivity (Wildman–Crippen MR) is 105 cm³/mol. The minimum Gasteiger partial charge on any atom is -0.370 e. The normalized spacial score (nSPS) is 13.9. The van der Waals surface area contributed by atoms with Gasteiger partial charge in [-0.1, -0.05) is 42.0 Å². The molecule has 0 atom stereocenters. The van der Waals surface area contributed by atoms with Crippen molar-refractivity contribution in [3.05, 3.63) is 64.7 Å². The van der Waals surface area contributed by atoms with Gasteiger partial charge in [0.25, 0.3) is 0 Å². The van der Waals surface area contributed by atoms with Crippen molar-refractivity contribution in [2.75, 3.05) is 11.9 Å². The summed E-state index contributed by atoms with van der Waals surface area (Å²) >= 11 is 0. The van der Waals surface area contributed by atoms with Crippen molar-refractivity contribution in [3.63, 3.8) is 0 Å². The maximum atomic E-state index is 5.08. The Hall–Kier alpha value is -2.55. The van der Waals surface area contributed by atoms with Crippen molar-refractivity contribution in [1.82, 2.24) is 9.78 Å². The summed E-state index contributed by atoms with van der Waals surface area (Å²) in [5.41, 5.74) is 8.70. The molecule has 1 aromatic heterocycles. The first-order valence-corrected chi connectivity index (χ1v) is 9.14. The summed E-state index contributed by atoms with van der Waals surface area (Å²) in [5, 5.41) is 8.72. The molecule has 0 fully saturated rings. The van der Waals surface area contributed by atoms with Gasteiger partial charge in [-0.05, 0) is 57.2 Å². The summed E-state index contributed by atoms with van der Waals surface area (Å²) in [7, 11) is 0. The topological polar surface area (TPSA) is 29.9 Å². The van der Waals surface area contributed by atoms with E-state index in [-0.39, 0.29) is 0 Å². The average molecular weight is 331 g/mol. The second-order valence-electron chi connectivity index (χ2n) is 7.08. The van der Waals surface area contributed by atoms with Crippen LogP contribution >= 0.6 is 0 Å². The van der Waals surface area contributed by atoms with E-state index < -0.39 is 0 Å². The van der Waals surface area contributed by atoms with Gasteiger partial charge in [-0.3, -0.25) is 0 Å². The molecule has 1 aliphatic heterocycles. The molecular formula is C22H25N3. The standard InChI is InChI=1S/C22H25N3/c1-15-11-12-20(17(3)14-15)25-22-19(10-6-7-13-23-22)21(24-25)18-9-5-4-8-16(18)2/h4-5,8-9,11-12,14,23H,6-7,10,13H2,1-3H3. The summed E-state index contributed by atoms with van der Waals surface area (Å²) in [4.78, 5) is 0. The molecule has 0 amide bonds. The number of rotatable bonds is 2. The van der Waals surface area contributed by atoms with Gasteiger partial charge >= 0.3 is 0 Å². The highest BCUT2D eigenvalue weighted by Crippen LogP contribution is 2.35. The Morgan fingerprint density at radius 2 is 1.80 bits per heavy atom. The van der Waals surface area contributed by atoms with E-state index in [9.17, 15) is 0 Å². The van der Waals surface area contributed by atoms with E-state index in [2.05, 4.69) is 73.2 Å². The molecule has 0 saturated carbocycles. The number of hydrogen-bond donors (Lipinski definition) is 1. The maximum Gasteiger partial charge on any atom is 0.133 e. The fourth-order valence-corrected chi connectivity index (χ4v) is 3.77. The first kappa shape index (κ1) is 15.9. The van der Waals surface area contributed by atoms with Crippen LogP contribution < -0.4 is 5.32 Å². The SMILES string of the molecule is Cc1ccc(-n2nc(-c3ccccc3C)c3c2NCCCC3)c(C)c1. The summed E-state index contributed by atoms with van der Waals surface area (Å²) in [6.45, 7) is 7.48. The van der Waals surface area contributed by atoms with Gasteiger partial charge in [0.1, 0.15) is 5.82 Å². The Kier molecular flexibility index (Phi) is 4.08. The molecule has 2 aromatic carbocycles. The van der Waals surface area contributed by atoms with Crippen molar-refractivity contribution in [2.45, 2.75) is 40.0 Å². The fourth-order valence-electron chi connectivity index (χ4n) is 3.77. The summed E-state index contributed by atoms with van der Waals surface area (Å²) < 4.78 is 2.12. The zero-order valence-electron chi connectivity index (χ0n) is 15.3. The summed E-state index contributed by atoms with van der Waals surface area (Å²) in [5.74, 6) is 1.17. The Morgan fingerprint density at radius 1 is 0.960 bits per heavy atom. The third-order valence-electron chi connectivity index (χ3n) is 5.11. The quantitative estimate of drug-likeness (QED) is 0.698. The van der Waals surface area contributed by atoms with Gasteiger partial charge in [-0.25, -0.2) is 4.68 Å². The second kappa shape index (κ2) is 6.40. The largest absolute Gasteiger partial charge is 0.370 e. The lowest BCUT2D eigenvalue weighted by molar-refractivity contribution is 0.779. The van der Waals surface area contributed by atoms with Crippen LogP contribution in [0.25, 0.3) is 16.9 Å². The number of fused-ring (bicyclic) bond motifs is 1. The van der Waals surface area contributed by atoms with Gasteiger partial charge in [0.05, 0.1) is 11.4 Å². The first-order valence-electron chi connectivity index (χ1n) is 9.14. The smallest absolute Gasteiger partial charge is 0.133 e. The monoisotopic (exact) mass is 331 g/mol. The highest BCUT2D eigenvalue weighted by atomic mass is 15.3. The molecule has 0 bridgehead atoms. The molecule has 2 heterocycles. The molecule has 0 radical (unpaired) electrons. The van der Waals surface area contributed by atoms with Crippen molar-refractivity contribution in [2.24, 2.45) is 0 Å². The van der Waals surface area contributed by atoms with E-state index in [0.29, 0.717) is 0 Å². The van der Waals surface area contributed by atoms with Crippen LogP contribution in [-0.4, -0.2) is 16.3 Å². The minimum absolute atomic E-state index is 1.01. The molecule has 1 aliphatic rings. The summed E-state index contributed by atoms with van der Waals surface area (Å²) in [6.07, 6.45) is 3.49. The van der Waals surface area contributed by atoms with Crippen LogP contribution in [0.5, 0.6) is 0 Å². The average Bonchev–Trinajstić information content (AvgIpc) is 2.78. The van der Waals surface area contributed by atoms with Gasteiger partial charge in [0.15, 0.2) is 0 Å². The molecule has 25 heavy (non-hydrogen) atoms. The number of anilines is 1. The molecule has 128 valence electrons. The molecule has 1 N–H and O–H groups in total. The Bertz CT molecular complexity index is 921. The number of aryl methyl sites for hydroxylation is 3. The van der Waals surface area contributed by atoms with E-state index in [4.69, 9.17) is 5.10 Å². The molecule has 3 heteroatoms. The van der Waals surface area contributed by atoms with Crippen LogP contribution in [-0.2, 0) is 6.42 Å². The molecule has 0 aliphatic carbocycles. The zero-order chi connectivity index (χ0) is 17.4. The van der Waals surface area contributed by atoms with Crippen LogP contribution in [0.4, 0.5) is 5.82 Å². The van der Waals surface area contributed by atoms with Crippen LogP contribution in [0.3, 0.4) is 0 Å². The lowest BCUT2D eigenvalue weighted by atomic mass is 10.00. The van der Waals surface area contributed by atoms with Crippen LogP contribution in [0, 0.1) is 20.8 Å². The van der Waals surface area contributed by atoms with Crippen LogP contribution in [0.1, 0.15) is 35.1 Å². The lowest BCUT2D eigenvalue weighted by Gasteiger charge is -2.12. The van der Waals surface area contributed by atoms with E-state index in [1.165, 1.54) is 46.5 Å². The highest BCUT2D eigenvalue weighted by Gasteiger charge is 2.22. The third kappa shape index (κ3) is 2.84. The third-order valence-corrected chi connectivity index (χ3v) is 5.11. The van der Waals surface area contributed by atoms with Gasteiger partial charge in [-0.2, -0.15) is 5.10 Å². The first-order chi connectivity index (χ1) is 12.1. The van der Waals surface area contributed by atoms with Crippen molar-refractivity contribution < 1.29 is 0 Å². The number of hydrogen-bond acceptors (Lipinski definition) is 2. The van der Waals surface area contributed by atoms with Crippen LogP contribution in [0.15, 0.2) is 42.5 Å². The number of nitrogens with zero attached hydrogens (tertiary/aromatic N) is 2. The van der Waals surface area contributed by atoms with E-state index in [0.717, 1.165) is 24.3 Å². The van der Waals surface area contributed by atoms with Crippen LogP contribution in [0.2, 0.25) is 0 Å². The zero-order valence-corrected chi connectivity index (χ0v) is 15.3. The Balaban J connectivity index is 1.95. The molecule has 4 rings (SSSR count). The summed E-state index contributed by atoms with van der Waals surface area (Å²) in [6, 6.07) is 15.1. The number of aromatic nitrogens is 2. The van der Waals surface area contributed by atoms with Crippen molar-refractivity contribution in [3.8, 4) is 16.9 Å². The van der Waals surface area contributed by atoms with Crippen molar-refractivity contribution >= 4 is 5.82 Å². The van der Waals surface area contributed by atoms with E-state index >= 15 is 0 Å². The highest BCUT2D eigenvalue weighted by molar-refractivity contribution is 5.73. The molecule has 0 saturated heterocycles. The van der Waals surface area contributed by atoms with Gasteiger partial charge in [-0.15, -0.1) is 0 Å². The molecule has 3 nitrogen and oxygen atoms in total. The van der Waals surface area contributed by atoms with E-state index in [1.54, 1.807) is 0 Å². The van der Waals surface area contributed by atoms with Gasteiger partial charge in [0, 0.05) is 17.7 Å². The lowest BCUT2D eigenvalue weighted by Crippen LogP contribution is -2.08.